The van der Waals surface area contributed by atoms with E-state index in [0.29, 0.717) is 12.5 Å². The molecule has 0 spiro atoms. The summed E-state index contributed by atoms with van der Waals surface area (Å²) in [6.45, 7) is 2.26. The third kappa shape index (κ3) is 2.81. The van der Waals surface area contributed by atoms with Crippen LogP contribution in [0, 0.1) is 0 Å². The number of aromatic nitrogens is 1. The van der Waals surface area contributed by atoms with Crippen molar-refractivity contribution in [1.29, 1.82) is 0 Å². The normalized spacial score (nSPS) is 17.9. The van der Waals surface area contributed by atoms with Gasteiger partial charge in [-0.25, -0.2) is 0 Å². The molecule has 1 aliphatic heterocycles. The van der Waals surface area contributed by atoms with Crippen molar-refractivity contribution in [3.8, 4) is 0 Å². The molecule has 23 heavy (non-hydrogen) atoms. The fourth-order valence-electron chi connectivity index (χ4n) is 3.32. The number of carbonyl (C=O) groups excluding carboxylic acids is 1. The predicted molar refractivity (Wildman–Crippen MR) is 90.7 cm³/mol. The summed E-state index contributed by atoms with van der Waals surface area (Å²) < 4.78 is 0. The molecule has 1 saturated carbocycles. The molecule has 0 saturated heterocycles. The number of rotatable bonds is 3. The molecule has 1 N–H and O–H groups in total. The minimum Gasteiger partial charge on any atom is -0.365 e. The van der Waals surface area contributed by atoms with Crippen LogP contribution in [-0.4, -0.2) is 24.0 Å². The van der Waals surface area contributed by atoms with Gasteiger partial charge in [-0.1, -0.05) is 24.6 Å². The first kappa shape index (κ1) is 14.2. The average Bonchev–Trinajstić information content (AvgIpc) is 2.68. The highest BCUT2D eigenvalue weighted by atomic mass is 16.1. The van der Waals surface area contributed by atoms with Crippen molar-refractivity contribution in [2.75, 3.05) is 18.0 Å². The lowest BCUT2D eigenvalue weighted by molar-refractivity contribution is 0.0958. The molecule has 4 nitrogen and oxygen atoms in total. The molecule has 4 rings (SSSR count). The number of carbonyl (C=O) groups is 1. The number of para-hydroxylation sites is 1. The van der Waals surface area contributed by atoms with Gasteiger partial charge in [0.1, 0.15) is 0 Å². The van der Waals surface area contributed by atoms with Crippen LogP contribution in [0.1, 0.15) is 46.8 Å². The van der Waals surface area contributed by atoms with Gasteiger partial charge in [-0.3, -0.25) is 9.78 Å². The Morgan fingerprint density at radius 1 is 1.17 bits per heavy atom. The summed E-state index contributed by atoms with van der Waals surface area (Å²) in [5, 5.41) is 2.96. The van der Waals surface area contributed by atoms with E-state index in [1.807, 2.05) is 30.5 Å². The molecule has 1 aromatic carbocycles. The Labute approximate surface area is 136 Å². The monoisotopic (exact) mass is 307 g/mol. The van der Waals surface area contributed by atoms with Crippen molar-refractivity contribution >= 4 is 11.6 Å². The Bertz CT molecular complexity index is 707. The van der Waals surface area contributed by atoms with Gasteiger partial charge in [-0.15, -0.1) is 0 Å². The molecule has 0 atom stereocenters. The van der Waals surface area contributed by atoms with Crippen LogP contribution in [0.5, 0.6) is 0 Å². The number of benzene rings is 1. The minimum absolute atomic E-state index is 0.0153. The van der Waals surface area contributed by atoms with Crippen molar-refractivity contribution < 1.29 is 4.79 Å². The smallest absolute Gasteiger partial charge is 0.253 e. The van der Waals surface area contributed by atoms with Gasteiger partial charge in [0.05, 0.1) is 5.56 Å². The first-order valence-corrected chi connectivity index (χ1v) is 8.38. The third-order valence-corrected chi connectivity index (χ3v) is 4.90. The number of hydrogen-bond acceptors (Lipinski definition) is 3. The van der Waals surface area contributed by atoms with Crippen LogP contribution in [0.15, 0.2) is 42.6 Å². The number of fused-ring (bicyclic) bond motifs is 1. The molecule has 1 amide bonds. The quantitative estimate of drug-likeness (QED) is 0.947. The van der Waals surface area contributed by atoms with Gasteiger partial charge in [0, 0.05) is 43.1 Å². The molecule has 4 heteroatoms. The highest BCUT2D eigenvalue weighted by molar-refractivity contribution is 6.00. The molecule has 0 bridgehead atoms. The second-order valence-electron chi connectivity index (χ2n) is 6.41. The van der Waals surface area contributed by atoms with Crippen LogP contribution >= 0.6 is 0 Å². The molecule has 0 unspecified atom stereocenters. The average molecular weight is 307 g/mol. The maximum Gasteiger partial charge on any atom is 0.253 e. The number of nitrogens with zero attached hydrogens (tertiary/aromatic N) is 2. The Hall–Kier alpha value is -2.36. The van der Waals surface area contributed by atoms with E-state index in [1.54, 1.807) is 0 Å². The van der Waals surface area contributed by atoms with Crippen molar-refractivity contribution in [1.82, 2.24) is 10.3 Å². The zero-order valence-corrected chi connectivity index (χ0v) is 13.2. The van der Waals surface area contributed by atoms with E-state index < -0.39 is 0 Å². The van der Waals surface area contributed by atoms with Gasteiger partial charge < -0.3 is 10.2 Å². The zero-order valence-electron chi connectivity index (χ0n) is 13.2. The van der Waals surface area contributed by atoms with Crippen LogP contribution in [0.3, 0.4) is 0 Å². The maximum absolute atomic E-state index is 12.1. The molecule has 0 radical (unpaired) electrons. The van der Waals surface area contributed by atoms with E-state index in [2.05, 4.69) is 27.3 Å². The first-order chi connectivity index (χ1) is 11.3. The van der Waals surface area contributed by atoms with E-state index in [-0.39, 0.29) is 5.91 Å². The molecule has 2 aliphatic rings. The van der Waals surface area contributed by atoms with Crippen LogP contribution < -0.4 is 10.2 Å². The Morgan fingerprint density at radius 2 is 2.04 bits per heavy atom. The Morgan fingerprint density at radius 3 is 2.78 bits per heavy atom. The minimum atomic E-state index is 0.0153. The Balaban J connectivity index is 1.55. The fraction of sp³-hybridized carbons (Fsp3) is 0.368. The molecule has 1 aliphatic carbocycles. The molecular weight excluding hydrogens is 286 g/mol. The van der Waals surface area contributed by atoms with Gasteiger partial charge in [0.15, 0.2) is 0 Å². The van der Waals surface area contributed by atoms with Gasteiger partial charge in [-0.2, -0.15) is 0 Å². The number of anilines is 1. The van der Waals surface area contributed by atoms with Gasteiger partial charge in [-0.05, 0) is 36.6 Å². The summed E-state index contributed by atoms with van der Waals surface area (Å²) in [7, 11) is 0. The van der Waals surface area contributed by atoms with Gasteiger partial charge in [0.25, 0.3) is 5.91 Å². The summed E-state index contributed by atoms with van der Waals surface area (Å²) in [5.41, 5.74) is 4.18. The number of nitrogens with one attached hydrogen (secondary N) is 1. The largest absolute Gasteiger partial charge is 0.365 e. The lowest BCUT2D eigenvalue weighted by Crippen LogP contribution is -2.29. The van der Waals surface area contributed by atoms with E-state index in [1.165, 1.54) is 30.5 Å². The number of amides is 1. The van der Waals surface area contributed by atoms with Crippen LogP contribution in [0.25, 0.3) is 0 Å². The van der Waals surface area contributed by atoms with Crippen LogP contribution in [0.4, 0.5) is 5.69 Å². The molecular formula is C19H21N3O. The third-order valence-electron chi connectivity index (χ3n) is 4.90. The maximum atomic E-state index is 12.1. The van der Waals surface area contributed by atoms with Gasteiger partial charge >= 0.3 is 0 Å². The molecule has 1 fully saturated rings. The topological polar surface area (TPSA) is 45.2 Å². The first-order valence-electron chi connectivity index (χ1n) is 8.38. The highest BCUT2D eigenvalue weighted by Gasteiger charge is 2.22. The standard InChI is InChI=1S/C19H21N3O/c23-19-16-6-1-2-7-18(16)22(11-10-20-19)13-14-8-9-17(21-12-14)15-4-3-5-15/h1-2,6-9,12,15H,3-5,10-11,13H2,(H,20,23). The summed E-state index contributed by atoms with van der Waals surface area (Å²) in [6, 6.07) is 12.2. The van der Waals surface area contributed by atoms with Crippen LogP contribution in [-0.2, 0) is 6.54 Å². The van der Waals surface area contributed by atoms with E-state index >= 15 is 0 Å². The number of pyridine rings is 1. The summed E-state index contributed by atoms with van der Waals surface area (Å²) in [6.07, 6.45) is 5.88. The fourth-order valence-corrected chi connectivity index (χ4v) is 3.32. The van der Waals surface area contributed by atoms with Crippen molar-refractivity contribution in [3.63, 3.8) is 0 Å². The summed E-state index contributed by atoms with van der Waals surface area (Å²) in [5.74, 6) is 0.686. The van der Waals surface area contributed by atoms with Crippen LogP contribution in [0.2, 0.25) is 0 Å². The molecule has 1 aromatic heterocycles. The van der Waals surface area contributed by atoms with Crippen molar-refractivity contribution in [2.24, 2.45) is 0 Å². The molecule has 2 aromatic rings. The second kappa shape index (κ2) is 6.03. The second-order valence-corrected chi connectivity index (χ2v) is 6.41. The lowest BCUT2D eigenvalue weighted by atomic mass is 9.82. The van der Waals surface area contributed by atoms with E-state index in [9.17, 15) is 4.79 Å². The molecule has 2 heterocycles. The van der Waals surface area contributed by atoms with E-state index in [4.69, 9.17) is 0 Å². The summed E-state index contributed by atoms with van der Waals surface area (Å²) >= 11 is 0. The number of hydrogen-bond donors (Lipinski definition) is 1. The highest BCUT2D eigenvalue weighted by Crippen LogP contribution is 2.35. The van der Waals surface area contributed by atoms with Crippen molar-refractivity contribution in [3.05, 3.63) is 59.4 Å². The predicted octanol–water partition coefficient (Wildman–Crippen LogP) is 3.10. The SMILES string of the molecule is O=C1NCCN(Cc2ccc(C3CCC3)nc2)c2ccccc21. The van der Waals surface area contributed by atoms with Gasteiger partial charge in [0.2, 0.25) is 0 Å². The Kier molecular flexibility index (Phi) is 3.74. The molecule has 118 valence electrons. The summed E-state index contributed by atoms with van der Waals surface area (Å²) in [4.78, 5) is 19.0. The van der Waals surface area contributed by atoms with E-state index in [0.717, 1.165) is 24.3 Å². The zero-order chi connectivity index (χ0) is 15.6. The lowest BCUT2D eigenvalue weighted by Gasteiger charge is -2.26. The van der Waals surface area contributed by atoms with Crippen molar-refractivity contribution in [2.45, 2.75) is 31.7 Å².